The fourth-order valence-electron chi connectivity index (χ4n) is 4.93. The molecule has 1 fully saturated rings. The second kappa shape index (κ2) is 9.88. The number of amides is 1. The van der Waals surface area contributed by atoms with Gasteiger partial charge in [0.2, 0.25) is 0 Å². The predicted octanol–water partition coefficient (Wildman–Crippen LogP) is 4.31. The molecule has 5 aromatic rings. The zero-order valence-electron chi connectivity index (χ0n) is 20.7. The third kappa shape index (κ3) is 4.37. The van der Waals surface area contributed by atoms with Crippen LogP contribution in [0.25, 0.3) is 33.3 Å². The van der Waals surface area contributed by atoms with Gasteiger partial charge in [-0.05, 0) is 43.7 Å². The quantitative estimate of drug-likeness (QED) is 0.310. The van der Waals surface area contributed by atoms with E-state index in [-0.39, 0.29) is 11.9 Å². The van der Waals surface area contributed by atoms with E-state index in [1.54, 1.807) is 53.5 Å². The van der Waals surface area contributed by atoms with Gasteiger partial charge in [-0.1, -0.05) is 23.7 Å². The molecule has 4 aromatic heterocycles. The number of pyridine rings is 2. The third-order valence-corrected chi connectivity index (χ3v) is 7.09. The predicted molar refractivity (Wildman–Crippen MR) is 148 cm³/mol. The number of carbonyl (C=O) groups is 1. The minimum atomic E-state index is -0.305. The van der Waals surface area contributed by atoms with Gasteiger partial charge in [-0.3, -0.25) is 14.2 Å². The first-order valence-electron chi connectivity index (χ1n) is 12.4. The van der Waals surface area contributed by atoms with Crippen LogP contribution in [0.2, 0.25) is 5.02 Å². The Labute approximate surface area is 223 Å². The van der Waals surface area contributed by atoms with Crippen molar-refractivity contribution < 1.29 is 4.79 Å². The summed E-state index contributed by atoms with van der Waals surface area (Å²) in [5.74, 6) is 0.525. The standard InChI is InChI=1S/C27H26ClN9O/c1-36-15-17(12-33-36)20-14-32-26(29)23-24(35-37(25(20)23)18-5-4-9-30-13-18)19-8-7-16(11-21(19)28)27(38)34-22-6-2-3-10-31-22/h2-3,6-8,10-12,14-15,18,30H,4-5,9,13H2,1H3,(H2,29,32)(H,31,34,38). The zero-order chi connectivity index (χ0) is 26.2. The minimum Gasteiger partial charge on any atom is -0.383 e. The van der Waals surface area contributed by atoms with Crippen LogP contribution < -0.4 is 16.4 Å². The number of aryl methyl sites for hydroxylation is 1. The number of anilines is 2. The molecule has 4 N–H and O–H groups in total. The van der Waals surface area contributed by atoms with Crippen LogP contribution in [-0.4, -0.2) is 48.5 Å². The molecular weight excluding hydrogens is 502 g/mol. The Kier molecular flexibility index (Phi) is 6.26. The molecule has 5 heterocycles. The van der Waals surface area contributed by atoms with Crippen molar-refractivity contribution in [2.75, 3.05) is 24.1 Å². The van der Waals surface area contributed by atoms with Crippen molar-refractivity contribution in [3.63, 3.8) is 0 Å². The van der Waals surface area contributed by atoms with Crippen molar-refractivity contribution in [3.05, 3.63) is 71.8 Å². The van der Waals surface area contributed by atoms with Crippen LogP contribution in [0.3, 0.4) is 0 Å². The molecule has 1 aromatic carbocycles. The maximum absolute atomic E-state index is 12.8. The smallest absolute Gasteiger partial charge is 0.256 e. The van der Waals surface area contributed by atoms with Crippen LogP contribution in [0.1, 0.15) is 29.2 Å². The molecule has 0 bridgehead atoms. The maximum Gasteiger partial charge on any atom is 0.256 e. The summed E-state index contributed by atoms with van der Waals surface area (Å²) in [5, 5.41) is 16.8. The van der Waals surface area contributed by atoms with Crippen LogP contribution in [0.4, 0.5) is 11.6 Å². The van der Waals surface area contributed by atoms with Crippen molar-refractivity contribution in [1.82, 2.24) is 34.8 Å². The molecule has 1 amide bonds. The lowest BCUT2D eigenvalue weighted by Gasteiger charge is -2.24. The van der Waals surface area contributed by atoms with Crippen molar-refractivity contribution in [2.45, 2.75) is 18.9 Å². The molecule has 0 radical (unpaired) electrons. The highest BCUT2D eigenvalue weighted by Gasteiger charge is 2.26. The molecule has 1 unspecified atom stereocenters. The van der Waals surface area contributed by atoms with E-state index in [0.717, 1.165) is 48.0 Å². The summed E-state index contributed by atoms with van der Waals surface area (Å²) in [4.78, 5) is 21.5. The van der Waals surface area contributed by atoms with E-state index in [1.165, 1.54) is 0 Å². The number of aromatic nitrogens is 6. The van der Waals surface area contributed by atoms with Gasteiger partial charge in [-0.2, -0.15) is 10.2 Å². The number of hydrogen-bond donors (Lipinski definition) is 3. The molecule has 1 atom stereocenters. The maximum atomic E-state index is 12.8. The number of halogens is 1. The highest BCUT2D eigenvalue weighted by Crippen LogP contribution is 2.41. The molecule has 1 aliphatic rings. The van der Waals surface area contributed by atoms with Gasteiger partial charge in [-0.15, -0.1) is 0 Å². The lowest BCUT2D eigenvalue weighted by molar-refractivity contribution is 0.102. The van der Waals surface area contributed by atoms with Gasteiger partial charge in [0.1, 0.15) is 17.3 Å². The summed E-state index contributed by atoms with van der Waals surface area (Å²) in [7, 11) is 1.88. The second-order valence-corrected chi connectivity index (χ2v) is 9.75. The van der Waals surface area contributed by atoms with Gasteiger partial charge < -0.3 is 16.4 Å². The van der Waals surface area contributed by atoms with Crippen molar-refractivity contribution in [3.8, 4) is 22.4 Å². The first-order chi connectivity index (χ1) is 18.5. The average molecular weight is 528 g/mol. The molecule has 1 saturated heterocycles. The number of rotatable bonds is 5. The Hall–Kier alpha value is -4.28. The Balaban J connectivity index is 1.48. The fourth-order valence-corrected chi connectivity index (χ4v) is 5.21. The Morgan fingerprint density at radius 3 is 2.79 bits per heavy atom. The van der Waals surface area contributed by atoms with E-state index in [1.807, 2.05) is 19.4 Å². The Bertz CT molecular complexity index is 1640. The second-order valence-electron chi connectivity index (χ2n) is 9.34. The highest BCUT2D eigenvalue weighted by atomic mass is 35.5. The molecule has 1 aliphatic heterocycles. The van der Waals surface area contributed by atoms with Crippen LogP contribution in [-0.2, 0) is 7.05 Å². The largest absolute Gasteiger partial charge is 0.383 e. The van der Waals surface area contributed by atoms with Crippen LogP contribution in [0, 0.1) is 0 Å². The van der Waals surface area contributed by atoms with E-state index in [4.69, 9.17) is 22.4 Å². The van der Waals surface area contributed by atoms with Gasteiger partial charge in [0.15, 0.2) is 0 Å². The lowest BCUT2D eigenvalue weighted by atomic mass is 10.0. The molecular formula is C27H26ClN9O. The number of nitrogens with zero attached hydrogens (tertiary/aromatic N) is 6. The molecule has 0 aliphatic carbocycles. The van der Waals surface area contributed by atoms with E-state index < -0.39 is 0 Å². The zero-order valence-corrected chi connectivity index (χ0v) is 21.5. The normalized spacial score (nSPS) is 15.6. The van der Waals surface area contributed by atoms with Crippen molar-refractivity contribution >= 4 is 40.0 Å². The minimum absolute atomic E-state index is 0.138. The molecule has 192 valence electrons. The van der Waals surface area contributed by atoms with E-state index in [9.17, 15) is 4.79 Å². The topological polar surface area (TPSA) is 129 Å². The van der Waals surface area contributed by atoms with Gasteiger partial charge in [0, 0.05) is 54.4 Å². The summed E-state index contributed by atoms with van der Waals surface area (Å²) >= 11 is 6.79. The number of piperidine rings is 1. The summed E-state index contributed by atoms with van der Waals surface area (Å²) in [5.41, 5.74) is 10.9. The first kappa shape index (κ1) is 24.1. The molecule has 6 rings (SSSR count). The van der Waals surface area contributed by atoms with Crippen LogP contribution >= 0.6 is 11.6 Å². The van der Waals surface area contributed by atoms with E-state index in [2.05, 4.69) is 30.4 Å². The summed E-state index contributed by atoms with van der Waals surface area (Å²) in [6.07, 6.45) is 9.19. The Morgan fingerprint density at radius 2 is 2.08 bits per heavy atom. The number of hydrogen-bond acceptors (Lipinski definition) is 7. The van der Waals surface area contributed by atoms with Crippen molar-refractivity contribution in [1.29, 1.82) is 0 Å². The number of benzene rings is 1. The van der Waals surface area contributed by atoms with Crippen molar-refractivity contribution in [2.24, 2.45) is 7.05 Å². The molecule has 0 spiro atoms. The SMILES string of the molecule is Cn1cc(-c2cnc(N)c3c(-c4ccc(C(=O)Nc5ccccn5)cc4Cl)nn(C4CCCNC4)c23)cn1. The number of fused-ring (bicyclic) bond motifs is 1. The number of nitrogens with two attached hydrogens (primary N) is 1. The number of nitrogens with one attached hydrogen (secondary N) is 2. The number of carbonyl (C=O) groups excluding carboxylic acids is 1. The first-order valence-corrected chi connectivity index (χ1v) is 12.8. The van der Waals surface area contributed by atoms with Gasteiger partial charge >= 0.3 is 0 Å². The average Bonchev–Trinajstić information content (AvgIpc) is 3.55. The Morgan fingerprint density at radius 1 is 1.18 bits per heavy atom. The van der Waals surface area contributed by atoms with E-state index in [0.29, 0.717) is 33.5 Å². The lowest BCUT2D eigenvalue weighted by Crippen LogP contribution is -2.32. The van der Waals surface area contributed by atoms with Gasteiger partial charge in [-0.25, -0.2) is 9.97 Å². The van der Waals surface area contributed by atoms with Crippen LogP contribution in [0.15, 0.2) is 61.2 Å². The van der Waals surface area contributed by atoms with Crippen LogP contribution in [0.5, 0.6) is 0 Å². The number of nitrogen functional groups attached to an aromatic ring is 1. The van der Waals surface area contributed by atoms with E-state index >= 15 is 0 Å². The summed E-state index contributed by atoms with van der Waals surface area (Å²) in [6.45, 7) is 1.78. The molecule has 11 heteroatoms. The molecule has 38 heavy (non-hydrogen) atoms. The van der Waals surface area contributed by atoms with Gasteiger partial charge in [0.05, 0.1) is 28.2 Å². The molecule has 10 nitrogen and oxygen atoms in total. The summed E-state index contributed by atoms with van der Waals surface area (Å²) in [6, 6.07) is 10.6. The third-order valence-electron chi connectivity index (χ3n) is 6.78. The fraction of sp³-hybridized carbons (Fsp3) is 0.222. The summed E-state index contributed by atoms with van der Waals surface area (Å²) < 4.78 is 3.81. The monoisotopic (exact) mass is 527 g/mol. The van der Waals surface area contributed by atoms with Gasteiger partial charge in [0.25, 0.3) is 5.91 Å². The molecule has 0 saturated carbocycles. The highest BCUT2D eigenvalue weighted by molar-refractivity contribution is 6.34.